The molecule has 36 heavy (non-hydrogen) atoms. The lowest BCUT2D eigenvalue weighted by Gasteiger charge is -2.10. The van der Waals surface area contributed by atoms with Gasteiger partial charge in [0.1, 0.15) is 5.78 Å². The van der Waals surface area contributed by atoms with Gasteiger partial charge in [-0.2, -0.15) is 18.3 Å². The van der Waals surface area contributed by atoms with Gasteiger partial charge in [0.15, 0.2) is 11.3 Å². The Hall–Kier alpha value is -2.99. The van der Waals surface area contributed by atoms with E-state index in [-0.39, 0.29) is 51.5 Å². The highest BCUT2D eigenvalue weighted by molar-refractivity contribution is 9.10. The predicted octanol–water partition coefficient (Wildman–Crippen LogP) is 5.90. The molecule has 7 nitrogen and oxygen atoms in total. The maximum atomic E-state index is 14.1. The van der Waals surface area contributed by atoms with E-state index in [1.807, 2.05) is 6.92 Å². The smallest absolute Gasteiger partial charge is 0.300 e. The fraction of sp³-hybridized carbons (Fsp3) is 0.292. The van der Waals surface area contributed by atoms with E-state index >= 15 is 0 Å². The van der Waals surface area contributed by atoms with Gasteiger partial charge in [-0.3, -0.25) is 4.68 Å². The second-order valence-electron chi connectivity index (χ2n) is 8.53. The lowest BCUT2D eigenvalue weighted by atomic mass is 10.0. The van der Waals surface area contributed by atoms with Crippen LogP contribution in [0.1, 0.15) is 36.7 Å². The molecule has 0 N–H and O–H groups in total. The summed E-state index contributed by atoms with van der Waals surface area (Å²) in [6.45, 7) is 4.78. The Labute approximate surface area is 214 Å². The number of pyridine rings is 1. The molecule has 0 aliphatic rings. The Kier molecular flexibility index (Phi) is 6.86. The Morgan fingerprint density at radius 2 is 1.81 bits per heavy atom. The number of nitrogens with zero attached hydrogens (tertiary/aromatic N) is 4. The van der Waals surface area contributed by atoms with Crippen LogP contribution in [0.4, 0.5) is 13.2 Å². The van der Waals surface area contributed by atoms with Gasteiger partial charge in [-0.05, 0) is 61.3 Å². The van der Waals surface area contributed by atoms with Crippen LogP contribution in [-0.4, -0.2) is 32.9 Å². The molecule has 0 aliphatic carbocycles. The Bertz CT molecular complexity index is 1570. The third kappa shape index (κ3) is 4.83. The molecule has 3 aromatic heterocycles. The third-order valence-corrected chi connectivity index (χ3v) is 7.97. The van der Waals surface area contributed by atoms with Crippen LogP contribution in [0, 0.1) is 13.8 Å². The van der Waals surface area contributed by atoms with Gasteiger partial charge in [-0.25, -0.2) is 17.4 Å². The van der Waals surface area contributed by atoms with Crippen LogP contribution in [0.25, 0.3) is 22.2 Å². The monoisotopic (exact) mass is 582 g/mol. The van der Waals surface area contributed by atoms with Crippen molar-refractivity contribution < 1.29 is 26.4 Å². The normalized spacial score (nSPS) is 12.4. The van der Waals surface area contributed by atoms with Crippen LogP contribution in [0.15, 0.2) is 52.1 Å². The average Bonchev–Trinajstić information content (AvgIpc) is 3.31. The van der Waals surface area contributed by atoms with E-state index in [9.17, 15) is 26.4 Å². The SMILES string of the molecule is CC(=O)CCCn1cc(-c2c(C)n(S(=O)(=O)c3ccc(C)cc3)c3ncc(Br)cc23)c(C(F)(F)F)n1. The van der Waals surface area contributed by atoms with Crippen LogP contribution in [0.5, 0.6) is 0 Å². The number of rotatable bonds is 7. The first-order valence-electron chi connectivity index (χ1n) is 10.9. The Balaban J connectivity index is 1.98. The zero-order chi connectivity index (χ0) is 26.4. The van der Waals surface area contributed by atoms with E-state index < -0.39 is 21.9 Å². The molecule has 0 saturated heterocycles. The summed E-state index contributed by atoms with van der Waals surface area (Å²) in [5, 5.41) is 3.98. The molecule has 12 heteroatoms. The maximum absolute atomic E-state index is 14.1. The topological polar surface area (TPSA) is 86.9 Å². The Morgan fingerprint density at radius 3 is 2.42 bits per heavy atom. The van der Waals surface area contributed by atoms with E-state index in [0.29, 0.717) is 10.9 Å². The molecule has 0 amide bonds. The molecular formula is C24H22BrF3N4O3S. The van der Waals surface area contributed by atoms with Crippen LogP contribution in [0.2, 0.25) is 0 Å². The second-order valence-corrected chi connectivity index (χ2v) is 11.2. The van der Waals surface area contributed by atoms with Crippen molar-refractivity contribution in [3.8, 4) is 11.1 Å². The highest BCUT2D eigenvalue weighted by atomic mass is 79.9. The minimum atomic E-state index is -4.79. The molecule has 4 rings (SSSR count). The summed E-state index contributed by atoms with van der Waals surface area (Å²) in [7, 11) is -4.19. The molecule has 4 aromatic rings. The fourth-order valence-corrected chi connectivity index (χ4v) is 5.95. The van der Waals surface area contributed by atoms with Crippen LogP contribution >= 0.6 is 15.9 Å². The molecule has 0 saturated carbocycles. The fourth-order valence-electron chi connectivity index (χ4n) is 4.10. The van der Waals surface area contributed by atoms with Gasteiger partial charge in [0.2, 0.25) is 0 Å². The van der Waals surface area contributed by atoms with Gasteiger partial charge in [-0.15, -0.1) is 0 Å². The van der Waals surface area contributed by atoms with Crippen molar-refractivity contribution in [2.45, 2.75) is 51.2 Å². The number of carbonyl (C=O) groups excluding carboxylic acids is 1. The molecule has 0 aliphatic heterocycles. The number of halogens is 4. The number of carbonyl (C=O) groups is 1. The van der Waals surface area contributed by atoms with E-state index in [2.05, 4.69) is 26.0 Å². The molecule has 0 spiro atoms. The predicted molar refractivity (Wildman–Crippen MR) is 132 cm³/mol. The van der Waals surface area contributed by atoms with Crippen molar-refractivity contribution in [3.05, 3.63) is 64.1 Å². The zero-order valence-corrected chi connectivity index (χ0v) is 22.0. The van der Waals surface area contributed by atoms with Gasteiger partial charge in [0.05, 0.1) is 4.90 Å². The standard InChI is InChI=1S/C24H22BrF3N4O3S/c1-14-6-8-18(9-7-14)36(34,35)32-16(3)21(19-11-17(25)12-29-23(19)32)20-13-31(10-4-5-15(2)33)30-22(20)24(26,27)28/h6-9,11-13H,4-5,10H2,1-3H3. The van der Waals surface area contributed by atoms with Crippen molar-refractivity contribution in [1.82, 2.24) is 18.7 Å². The van der Waals surface area contributed by atoms with Gasteiger partial charge in [0.25, 0.3) is 10.0 Å². The minimum Gasteiger partial charge on any atom is -0.300 e. The number of Topliss-reactive ketones (excluding diaryl/α,β-unsaturated/α-hetero) is 1. The van der Waals surface area contributed by atoms with Gasteiger partial charge >= 0.3 is 6.18 Å². The summed E-state index contributed by atoms with van der Waals surface area (Å²) >= 11 is 3.29. The van der Waals surface area contributed by atoms with Crippen molar-refractivity contribution in [3.63, 3.8) is 0 Å². The van der Waals surface area contributed by atoms with Gasteiger partial charge < -0.3 is 4.79 Å². The number of aryl methyl sites for hydroxylation is 2. The zero-order valence-electron chi connectivity index (χ0n) is 19.6. The minimum absolute atomic E-state index is 0.00345. The third-order valence-electron chi connectivity index (χ3n) is 5.74. The lowest BCUT2D eigenvalue weighted by Crippen LogP contribution is -2.15. The summed E-state index contributed by atoms with van der Waals surface area (Å²) < 4.78 is 72.1. The molecular weight excluding hydrogens is 561 g/mol. The molecule has 0 fully saturated rings. The van der Waals surface area contributed by atoms with E-state index in [1.165, 1.54) is 38.4 Å². The van der Waals surface area contributed by atoms with Crippen molar-refractivity contribution in [2.24, 2.45) is 0 Å². The molecule has 0 atom stereocenters. The number of hydrogen-bond donors (Lipinski definition) is 0. The summed E-state index contributed by atoms with van der Waals surface area (Å²) in [5.41, 5.74) is -0.392. The highest BCUT2D eigenvalue weighted by Crippen LogP contribution is 2.42. The Morgan fingerprint density at radius 1 is 1.14 bits per heavy atom. The van der Waals surface area contributed by atoms with E-state index in [4.69, 9.17) is 0 Å². The molecule has 3 heterocycles. The number of alkyl halides is 3. The van der Waals surface area contributed by atoms with E-state index in [1.54, 1.807) is 18.2 Å². The summed E-state index contributed by atoms with van der Waals surface area (Å²) in [5.74, 6) is -0.0745. The van der Waals surface area contributed by atoms with Crippen molar-refractivity contribution >= 4 is 42.8 Å². The summed E-state index contributed by atoms with van der Waals surface area (Å²) in [6, 6.07) is 7.72. The van der Waals surface area contributed by atoms with E-state index in [0.717, 1.165) is 14.2 Å². The molecule has 0 unspecified atom stereocenters. The average molecular weight is 583 g/mol. The molecule has 1 aromatic carbocycles. The van der Waals surface area contributed by atoms with Crippen LogP contribution < -0.4 is 0 Å². The number of ketones is 1. The van der Waals surface area contributed by atoms with Crippen LogP contribution in [0.3, 0.4) is 0 Å². The first-order valence-corrected chi connectivity index (χ1v) is 13.2. The summed E-state index contributed by atoms with van der Waals surface area (Å²) in [4.78, 5) is 15.5. The van der Waals surface area contributed by atoms with Crippen molar-refractivity contribution in [2.75, 3.05) is 0 Å². The number of hydrogen-bond acceptors (Lipinski definition) is 5. The molecule has 0 radical (unpaired) electrons. The first-order chi connectivity index (χ1) is 16.8. The summed E-state index contributed by atoms with van der Waals surface area (Å²) in [6.07, 6.45) is -1.63. The highest BCUT2D eigenvalue weighted by Gasteiger charge is 2.39. The number of fused-ring (bicyclic) bond motifs is 1. The van der Waals surface area contributed by atoms with Crippen LogP contribution in [-0.2, 0) is 27.5 Å². The van der Waals surface area contributed by atoms with Gasteiger partial charge in [0, 0.05) is 52.0 Å². The second kappa shape index (κ2) is 9.47. The molecule has 190 valence electrons. The lowest BCUT2D eigenvalue weighted by molar-refractivity contribution is -0.141. The van der Waals surface area contributed by atoms with Crippen molar-refractivity contribution in [1.29, 1.82) is 0 Å². The maximum Gasteiger partial charge on any atom is 0.435 e. The first kappa shape index (κ1) is 26.1. The molecule has 0 bridgehead atoms. The quantitative estimate of drug-likeness (QED) is 0.270. The van der Waals surface area contributed by atoms with Gasteiger partial charge in [-0.1, -0.05) is 17.7 Å². The number of aromatic nitrogens is 4. The number of benzene rings is 1. The largest absolute Gasteiger partial charge is 0.435 e.